The Bertz CT molecular complexity index is 1500. The standard InChI is InChI=1S/C29H26Cl2N2O3S2/c1-21-7-12-25(31)19-28(21)33(38(35,36)27-5-3-2-4-6-27)20-22-8-10-23(11-9-22)29(34)32-17-18-37-26-15-13-24(30)14-16-26/h2-16,19H,17-18,20H2,1H3,(H,32,34). The molecule has 196 valence electrons. The van der Waals surface area contributed by atoms with Crippen LogP contribution in [-0.4, -0.2) is 26.6 Å². The topological polar surface area (TPSA) is 66.5 Å². The summed E-state index contributed by atoms with van der Waals surface area (Å²) < 4.78 is 28.7. The molecule has 0 heterocycles. The highest BCUT2D eigenvalue weighted by Gasteiger charge is 2.26. The number of benzene rings is 4. The quantitative estimate of drug-likeness (QED) is 0.158. The van der Waals surface area contributed by atoms with Gasteiger partial charge in [0.15, 0.2) is 0 Å². The molecular formula is C29H26Cl2N2O3S2. The lowest BCUT2D eigenvalue weighted by Crippen LogP contribution is -2.31. The number of carbonyl (C=O) groups excluding carboxylic acids is 1. The number of amides is 1. The smallest absolute Gasteiger partial charge is 0.264 e. The van der Waals surface area contributed by atoms with Gasteiger partial charge in [-0.1, -0.05) is 59.6 Å². The number of nitrogens with one attached hydrogen (secondary N) is 1. The summed E-state index contributed by atoms with van der Waals surface area (Å²) in [6, 6.07) is 28.0. The van der Waals surface area contributed by atoms with Crippen LogP contribution in [0.3, 0.4) is 0 Å². The second-order valence-electron chi connectivity index (χ2n) is 8.51. The van der Waals surface area contributed by atoms with Crippen molar-refractivity contribution in [2.24, 2.45) is 0 Å². The molecule has 0 spiro atoms. The van der Waals surface area contributed by atoms with Crippen LogP contribution in [-0.2, 0) is 16.6 Å². The highest BCUT2D eigenvalue weighted by molar-refractivity contribution is 7.99. The Hall–Kier alpha value is -2.97. The van der Waals surface area contributed by atoms with Gasteiger partial charge in [0.25, 0.3) is 15.9 Å². The summed E-state index contributed by atoms with van der Waals surface area (Å²) >= 11 is 13.8. The molecule has 0 bridgehead atoms. The maximum atomic E-state index is 13.7. The van der Waals surface area contributed by atoms with E-state index in [-0.39, 0.29) is 17.3 Å². The minimum Gasteiger partial charge on any atom is -0.351 e. The van der Waals surface area contributed by atoms with Crippen molar-refractivity contribution in [2.45, 2.75) is 23.3 Å². The molecule has 9 heteroatoms. The van der Waals surface area contributed by atoms with Gasteiger partial charge in [0.05, 0.1) is 17.1 Å². The number of halogens is 2. The van der Waals surface area contributed by atoms with E-state index in [1.807, 2.05) is 31.2 Å². The Morgan fingerprint density at radius 3 is 2.21 bits per heavy atom. The van der Waals surface area contributed by atoms with Gasteiger partial charge in [-0.25, -0.2) is 8.42 Å². The number of hydrogen-bond acceptors (Lipinski definition) is 4. The Morgan fingerprint density at radius 1 is 0.868 bits per heavy atom. The Labute approximate surface area is 237 Å². The first-order valence-corrected chi connectivity index (χ1v) is 15.0. The lowest BCUT2D eigenvalue weighted by Gasteiger charge is -2.26. The predicted octanol–water partition coefficient (Wildman–Crippen LogP) is 7.22. The molecular weight excluding hydrogens is 559 g/mol. The zero-order chi connectivity index (χ0) is 27.1. The molecule has 0 atom stereocenters. The van der Waals surface area contributed by atoms with E-state index in [0.717, 1.165) is 21.8 Å². The highest BCUT2D eigenvalue weighted by Crippen LogP contribution is 2.31. The molecule has 1 N–H and O–H groups in total. The van der Waals surface area contributed by atoms with Gasteiger partial charge in [0.2, 0.25) is 0 Å². The van der Waals surface area contributed by atoms with Gasteiger partial charge in [0, 0.05) is 32.8 Å². The van der Waals surface area contributed by atoms with E-state index in [9.17, 15) is 13.2 Å². The second-order valence-corrected chi connectivity index (χ2v) is 12.4. The van der Waals surface area contributed by atoms with Gasteiger partial charge in [-0.15, -0.1) is 11.8 Å². The van der Waals surface area contributed by atoms with E-state index >= 15 is 0 Å². The van der Waals surface area contributed by atoms with Crippen LogP contribution in [0.1, 0.15) is 21.5 Å². The first kappa shape index (κ1) is 28.0. The van der Waals surface area contributed by atoms with Crippen molar-refractivity contribution >= 4 is 56.6 Å². The molecule has 4 aromatic rings. The third kappa shape index (κ3) is 7.11. The van der Waals surface area contributed by atoms with Crippen LogP contribution in [0, 0.1) is 6.92 Å². The van der Waals surface area contributed by atoms with Crippen molar-refractivity contribution in [1.29, 1.82) is 0 Å². The van der Waals surface area contributed by atoms with E-state index in [0.29, 0.717) is 27.8 Å². The lowest BCUT2D eigenvalue weighted by atomic mass is 10.1. The van der Waals surface area contributed by atoms with Crippen LogP contribution < -0.4 is 9.62 Å². The number of anilines is 1. The Kier molecular flexibility index (Phi) is 9.39. The molecule has 0 aliphatic carbocycles. The molecule has 0 aromatic heterocycles. The number of nitrogens with zero attached hydrogens (tertiary/aromatic N) is 1. The molecule has 0 aliphatic heterocycles. The first-order valence-electron chi connectivity index (χ1n) is 11.8. The molecule has 5 nitrogen and oxygen atoms in total. The van der Waals surface area contributed by atoms with Crippen LogP contribution in [0.5, 0.6) is 0 Å². The molecule has 4 aromatic carbocycles. The van der Waals surface area contributed by atoms with Gasteiger partial charge in [0.1, 0.15) is 0 Å². The summed E-state index contributed by atoms with van der Waals surface area (Å²) in [5.41, 5.74) is 2.52. The summed E-state index contributed by atoms with van der Waals surface area (Å²) in [5.74, 6) is 0.532. The first-order chi connectivity index (χ1) is 18.2. The summed E-state index contributed by atoms with van der Waals surface area (Å²) in [7, 11) is -3.87. The summed E-state index contributed by atoms with van der Waals surface area (Å²) in [4.78, 5) is 13.9. The van der Waals surface area contributed by atoms with Crippen molar-refractivity contribution in [3.63, 3.8) is 0 Å². The van der Waals surface area contributed by atoms with Gasteiger partial charge in [-0.2, -0.15) is 0 Å². The van der Waals surface area contributed by atoms with E-state index in [2.05, 4.69) is 5.32 Å². The maximum Gasteiger partial charge on any atom is 0.264 e. The average Bonchev–Trinajstić information content (AvgIpc) is 2.93. The van der Waals surface area contributed by atoms with Crippen molar-refractivity contribution in [3.05, 3.63) is 124 Å². The van der Waals surface area contributed by atoms with Gasteiger partial charge in [-0.05, 0) is 78.7 Å². The Balaban J connectivity index is 1.46. The number of rotatable bonds is 10. The van der Waals surface area contributed by atoms with E-state index < -0.39 is 10.0 Å². The van der Waals surface area contributed by atoms with Gasteiger partial charge >= 0.3 is 0 Å². The van der Waals surface area contributed by atoms with E-state index in [4.69, 9.17) is 23.2 Å². The lowest BCUT2D eigenvalue weighted by molar-refractivity contribution is 0.0956. The van der Waals surface area contributed by atoms with Crippen molar-refractivity contribution in [1.82, 2.24) is 5.32 Å². The molecule has 0 fully saturated rings. The summed E-state index contributed by atoms with van der Waals surface area (Å²) in [6.07, 6.45) is 0. The third-order valence-electron chi connectivity index (χ3n) is 5.78. The predicted molar refractivity (Wildman–Crippen MR) is 157 cm³/mol. The highest BCUT2D eigenvalue weighted by atomic mass is 35.5. The van der Waals surface area contributed by atoms with Gasteiger partial charge in [-0.3, -0.25) is 9.10 Å². The molecule has 0 aliphatic rings. The molecule has 0 unspecified atom stereocenters. The van der Waals surface area contributed by atoms with Crippen molar-refractivity contribution < 1.29 is 13.2 Å². The SMILES string of the molecule is Cc1ccc(Cl)cc1N(Cc1ccc(C(=O)NCCSc2ccc(Cl)cc2)cc1)S(=O)(=O)c1ccccc1. The number of sulfonamides is 1. The van der Waals surface area contributed by atoms with Crippen LogP contribution in [0.25, 0.3) is 0 Å². The van der Waals surface area contributed by atoms with Crippen molar-refractivity contribution in [3.8, 4) is 0 Å². The molecule has 0 saturated heterocycles. The number of aryl methyl sites for hydroxylation is 1. The van der Waals surface area contributed by atoms with E-state index in [1.165, 1.54) is 4.31 Å². The fourth-order valence-corrected chi connectivity index (χ4v) is 6.36. The summed E-state index contributed by atoms with van der Waals surface area (Å²) in [6.45, 7) is 2.43. The number of hydrogen-bond donors (Lipinski definition) is 1. The van der Waals surface area contributed by atoms with E-state index in [1.54, 1.807) is 84.6 Å². The number of thioether (sulfide) groups is 1. The van der Waals surface area contributed by atoms with Crippen molar-refractivity contribution in [2.75, 3.05) is 16.6 Å². The fraction of sp³-hybridized carbons (Fsp3) is 0.138. The monoisotopic (exact) mass is 584 g/mol. The Morgan fingerprint density at radius 2 is 1.53 bits per heavy atom. The molecule has 0 saturated carbocycles. The van der Waals surface area contributed by atoms with Crippen LogP contribution in [0.2, 0.25) is 10.0 Å². The minimum atomic E-state index is -3.87. The summed E-state index contributed by atoms with van der Waals surface area (Å²) in [5, 5.41) is 4.05. The zero-order valence-electron chi connectivity index (χ0n) is 20.6. The van der Waals surface area contributed by atoms with Crippen LogP contribution >= 0.6 is 35.0 Å². The molecule has 4 rings (SSSR count). The minimum absolute atomic E-state index is 0.0814. The molecule has 38 heavy (non-hydrogen) atoms. The van der Waals surface area contributed by atoms with Gasteiger partial charge < -0.3 is 5.32 Å². The molecule has 0 radical (unpaired) electrons. The normalized spacial score (nSPS) is 11.2. The third-order valence-corrected chi connectivity index (χ3v) is 9.06. The zero-order valence-corrected chi connectivity index (χ0v) is 23.7. The van der Waals surface area contributed by atoms with Crippen LogP contribution in [0.15, 0.2) is 107 Å². The van der Waals surface area contributed by atoms with Crippen LogP contribution in [0.4, 0.5) is 5.69 Å². The second kappa shape index (κ2) is 12.7. The largest absolute Gasteiger partial charge is 0.351 e. The number of carbonyl (C=O) groups is 1. The maximum absolute atomic E-state index is 13.7. The fourth-order valence-electron chi connectivity index (χ4n) is 3.76. The molecule has 1 amide bonds. The average molecular weight is 586 g/mol.